The first-order valence-corrected chi connectivity index (χ1v) is 6.44. The molecule has 0 aromatic heterocycles. The molecule has 2 N–H and O–H groups in total. The first-order chi connectivity index (χ1) is 9.09. The van der Waals surface area contributed by atoms with Crippen molar-refractivity contribution < 1.29 is 9.59 Å². The number of hydrogen-bond donors (Lipinski definition) is 2. The molecule has 0 aromatic carbocycles. The van der Waals surface area contributed by atoms with E-state index in [4.69, 9.17) is 0 Å². The van der Waals surface area contributed by atoms with Crippen LogP contribution in [-0.2, 0) is 4.79 Å². The van der Waals surface area contributed by atoms with Crippen molar-refractivity contribution in [3.8, 4) is 0 Å². The Morgan fingerprint density at radius 2 is 1.89 bits per heavy atom. The lowest BCUT2D eigenvalue weighted by molar-refractivity contribution is -0.133. The molecule has 0 unspecified atom stereocenters. The van der Waals surface area contributed by atoms with Crippen LogP contribution in [0.2, 0.25) is 0 Å². The minimum Gasteiger partial charge on any atom is -0.341 e. The molecule has 3 rings (SSSR count). The van der Waals surface area contributed by atoms with E-state index in [1.165, 1.54) is 11.9 Å². The predicted molar refractivity (Wildman–Crippen MR) is 68.5 cm³/mol. The number of urea groups is 1. The molecular weight excluding hydrogens is 248 g/mol. The maximum atomic E-state index is 12.1. The summed E-state index contributed by atoms with van der Waals surface area (Å²) in [6, 6.07) is -0.768. The molecule has 0 radical (unpaired) electrons. The number of hydrogen-bond acceptors (Lipinski definition) is 6. The fourth-order valence-corrected chi connectivity index (χ4v) is 2.65. The quantitative estimate of drug-likeness (QED) is 0.534. The Labute approximate surface area is 111 Å². The minimum atomic E-state index is -0.461. The molecule has 3 heterocycles. The Balaban J connectivity index is 1.81. The molecular formula is C11H18N6O2. The molecule has 3 amide bonds. The van der Waals surface area contributed by atoms with Gasteiger partial charge in [-0.05, 0) is 0 Å². The highest BCUT2D eigenvalue weighted by atomic mass is 16.2. The fraction of sp³-hybridized carbons (Fsp3) is 0.727. The van der Waals surface area contributed by atoms with Gasteiger partial charge in [-0.25, -0.2) is 9.79 Å². The summed E-state index contributed by atoms with van der Waals surface area (Å²) >= 11 is 0. The average molecular weight is 266 g/mol. The summed E-state index contributed by atoms with van der Waals surface area (Å²) in [4.78, 5) is 33.2. The SMILES string of the molecule is CN1C(=O)[C@H]2NC(N3CCNCC3)=N[C@@H]2N(C)C1=O. The Morgan fingerprint density at radius 1 is 1.21 bits per heavy atom. The molecule has 3 aliphatic rings. The number of nitrogens with one attached hydrogen (secondary N) is 2. The molecule has 19 heavy (non-hydrogen) atoms. The third-order valence-corrected chi connectivity index (χ3v) is 3.84. The van der Waals surface area contributed by atoms with Crippen molar-refractivity contribution in [2.75, 3.05) is 40.3 Å². The average Bonchev–Trinajstić information content (AvgIpc) is 2.89. The van der Waals surface area contributed by atoms with Crippen molar-refractivity contribution in [3.63, 3.8) is 0 Å². The molecule has 8 nitrogen and oxygen atoms in total. The number of guanidine groups is 1. The molecule has 2 fully saturated rings. The van der Waals surface area contributed by atoms with Crippen LogP contribution in [0.25, 0.3) is 0 Å². The lowest BCUT2D eigenvalue weighted by atomic mass is 10.1. The zero-order valence-electron chi connectivity index (χ0n) is 11.1. The van der Waals surface area contributed by atoms with E-state index in [2.05, 4.69) is 20.5 Å². The van der Waals surface area contributed by atoms with Gasteiger partial charge in [-0.3, -0.25) is 9.69 Å². The largest absolute Gasteiger partial charge is 0.341 e. The Kier molecular flexibility index (Phi) is 2.81. The highest BCUT2D eigenvalue weighted by Gasteiger charge is 2.47. The number of carbonyl (C=O) groups is 2. The predicted octanol–water partition coefficient (Wildman–Crippen LogP) is -1.93. The maximum absolute atomic E-state index is 12.1. The first-order valence-electron chi connectivity index (χ1n) is 6.44. The summed E-state index contributed by atoms with van der Waals surface area (Å²) in [5.41, 5.74) is 0. The summed E-state index contributed by atoms with van der Waals surface area (Å²) < 4.78 is 0. The highest BCUT2D eigenvalue weighted by molar-refractivity contribution is 6.03. The molecule has 104 valence electrons. The van der Waals surface area contributed by atoms with Gasteiger partial charge >= 0.3 is 6.03 Å². The number of amides is 3. The Hall–Kier alpha value is -1.83. The number of fused-ring (bicyclic) bond motifs is 1. The highest BCUT2D eigenvalue weighted by Crippen LogP contribution is 2.21. The monoisotopic (exact) mass is 266 g/mol. The summed E-state index contributed by atoms with van der Waals surface area (Å²) in [5.74, 6) is 0.502. The lowest BCUT2D eigenvalue weighted by Crippen LogP contribution is -2.63. The van der Waals surface area contributed by atoms with E-state index in [0.717, 1.165) is 37.0 Å². The summed E-state index contributed by atoms with van der Waals surface area (Å²) in [6.07, 6.45) is -0.430. The number of rotatable bonds is 0. The molecule has 8 heteroatoms. The van der Waals surface area contributed by atoms with Crippen molar-refractivity contribution in [3.05, 3.63) is 0 Å². The molecule has 2 saturated heterocycles. The molecule has 0 aliphatic carbocycles. The molecule has 0 spiro atoms. The van der Waals surface area contributed by atoms with Crippen molar-refractivity contribution in [1.82, 2.24) is 25.3 Å². The number of piperazine rings is 1. The smallest absolute Gasteiger partial charge is 0.328 e. The Morgan fingerprint density at radius 3 is 2.58 bits per heavy atom. The van der Waals surface area contributed by atoms with Gasteiger partial charge in [0.25, 0.3) is 5.91 Å². The third kappa shape index (κ3) is 1.83. The van der Waals surface area contributed by atoms with Gasteiger partial charge < -0.3 is 20.4 Å². The van der Waals surface area contributed by atoms with Gasteiger partial charge in [0.05, 0.1) is 0 Å². The van der Waals surface area contributed by atoms with Crippen LogP contribution in [0.5, 0.6) is 0 Å². The summed E-state index contributed by atoms with van der Waals surface area (Å²) in [7, 11) is 3.18. The minimum absolute atomic E-state index is 0.220. The van der Waals surface area contributed by atoms with Crippen LogP contribution in [0.4, 0.5) is 4.79 Å². The number of carbonyl (C=O) groups excluding carboxylic acids is 2. The molecule has 0 bridgehead atoms. The van der Waals surface area contributed by atoms with E-state index in [-0.39, 0.29) is 11.9 Å². The van der Waals surface area contributed by atoms with Crippen molar-refractivity contribution in [2.24, 2.45) is 4.99 Å². The van der Waals surface area contributed by atoms with Crippen molar-refractivity contribution in [1.29, 1.82) is 0 Å². The van der Waals surface area contributed by atoms with Gasteiger partial charge in [-0.15, -0.1) is 0 Å². The van der Waals surface area contributed by atoms with Gasteiger partial charge in [-0.1, -0.05) is 0 Å². The summed E-state index contributed by atoms with van der Waals surface area (Å²) in [6.45, 7) is 3.51. The molecule has 0 aromatic rings. The van der Waals surface area contributed by atoms with E-state index in [0.29, 0.717) is 0 Å². The second-order valence-corrected chi connectivity index (χ2v) is 5.02. The van der Waals surface area contributed by atoms with Crippen LogP contribution in [0.3, 0.4) is 0 Å². The second-order valence-electron chi connectivity index (χ2n) is 5.02. The fourth-order valence-electron chi connectivity index (χ4n) is 2.65. The number of imide groups is 1. The Bertz CT molecular complexity index is 444. The zero-order chi connectivity index (χ0) is 13.6. The van der Waals surface area contributed by atoms with Crippen molar-refractivity contribution >= 4 is 17.9 Å². The van der Waals surface area contributed by atoms with Crippen LogP contribution in [0.15, 0.2) is 4.99 Å². The van der Waals surface area contributed by atoms with Crippen LogP contribution < -0.4 is 10.6 Å². The van der Waals surface area contributed by atoms with Crippen LogP contribution >= 0.6 is 0 Å². The van der Waals surface area contributed by atoms with E-state index < -0.39 is 12.2 Å². The summed E-state index contributed by atoms with van der Waals surface area (Å²) in [5, 5.41) is 6.43. The lowest BCUT2D eigenvalue weighted by Gasteiger charge is -2.36. The van der Waals surface area contributed by atoms with Gasteiger partial charge in [0.2, 0.25) is 0 Å². The third-order valence-electron chi connectivity index (χ3n) is 3.84. The van der Waals surface area contributed by atoms with Gasteiger partial charge in [0.15, 0.2) is 12.1 Å². The number of aliphatic imine (C=N–C) groups is 1. The molecule has 0 saturated carbocycles. The van der Waals surface area contributed by atoms with Crippen LogP contribution in [0.1, 0.15) is 0 Å². The van der Waals surface area contributed by atoms with Crippen LogP contribution in [-0.4, -0.2) is 85.1 Å². The van der Waals surface area contributed by atoms with Gasteiger partial charge in [0.1, 0.15) is 6.04 Å². The maximum Gasteiger partial charge on any atom is 0.328 e. The molecule has 2 atom stereocenters. The molecule has 3 aliphatic heterocycles. The van der Waals surface area contributed by atoms with Gasteiger partial charge in [0, 0.05) is 40.3 Å². The standard InChI is InChI=1S/C11H18N6O2/c1-15-8-7(9(18)16(2)11(15)19)13-10(14-8)17-5-3-12-4-6-17/h7-8,12H,3-6H2,1-2H3,(H,13,14)/t7-,8+/m0/s1. The normalized spacial score (nSPS) is 31.3. The topological polar surface area (TPSA) is 80.3 Å². The second kappa shape index (κ2) is 4.37. The van der Waals surface area contributed by atoms with E-state index >= 15 is 0 Å². The first kappa shape index (κ1) is 12.2. The van der Waals surface area contributed by atoms with Crippen molar-refractivity contribution in [2.45, 2.75) is 12.2 Å². The number of likely N-dealkylation sites (N-methyl/N-ethyl adjacent to an activating group) is 2. The van der Waals surface area contributed by atoms with Crippen LogP contribution in [0, 0.1) is 0 Å². The zero-order valence-corrected chi connectivity index (χ0v) is 11.1. The van der Waals surface area contributed by atoms with Gasteiger partial charge in [-0.2, -0.15) is 0 Å². The van der Waals surface area contributed by atoms with E-state index in [1.54, 1.807) is 7.05 Å². The van der Waals surface area contributed by atoms with E-state index in [1.807, 2.05) is 0 Å². The number of nitrogens with zero attached hydrogens (tertiary/aromatic N) is 4. The van der Waals surface area contributed by atoms with E-state index in [9.17, 15) is 9.59 Å².